The minimum Gasteiger partial charge on any atom is -0.355 e. The van der Waals surface area contributed by atoms with E-state index in [0.29, 0.717) is 6.54 Å². The molecule has 1 saturated carbocycles. The summed E-state index contributed by atoms with van der Waals surface area (Å²) < 4.78 is 0. The van der Waals surface area contributed by atoms with Crippen LogP contribution in [-0.2, 0) is 9.59 Å². The van der Waals surface area contributed by atoms with Crippen LogP contribution in [-0.4, -0.2) is 36.3 Å². The number of hydrogen-bond donors (Lipinski definition) is 1. The highest BCUT2D eigenvalue weighted by molar-refractivity contribution is 6.07. The number of nitrogens with zero attached hydrogens (tertiary/aromatic N) is 1. The molecule has 1 saturated heterocycles. The Labute approximate surface area is 103 Å². The summed E-state index contributed by atoms with van der Waals surface area (Å²) in [6.07, 6.45) is 5.69. The summed E-state index contributed by atoms with van der Waals surface area (Å²) in [5, 5.41) is 2.90. The van der Waals surface area contributed by atoms with E-state index >= 15 is 0 Å². The lowest BCUT2D eigenvalue weighted by molar-refractivity contribution is -0.143. The van der Waals surface area contributed by atoms with Gasteiger partial charge in [0.2, 0.25) is 11.8 Å². The molecule has 0 spiro atoms. The molecule has 1 aliphatic carbocycles. The summed E-state index contributed by atoms with van der Waals surface area (Å²) in [6.45, 7) is 4.46. The van der Waals surface area contributed by atoms with E-state index in [0.717, 1.165) is 51.6 Å². The Hall–Kier alpha value is -1.06. The quantitative estimate of drug-likeness (QED) is 0.580. The van der Waals surface area contributed by atoms with E-state index in [-0.39, 0.29) is 11.8 Å². The van der Waals surface area contributed by atoms with Gasteiger partial charge < -0.3 is 10.2 Å². The molecular formula is C13H22N2O2. The third-order valence-electron chi connectivity index (χ3n) is 3.80. The molecule has 0 aromatic carbocycles. The molecular weight excluding hydrogens is 216 g/mol. The van der Waals surface area contributed by atoms with Gasteiger partial charge in [0.25, 0.3) is 0 Å². The normalized spacial score (nSPS) is 21.4. The molecule has 2 aliphatic rings. The molecule has 0 radical (unpaired) electrons. The van der Waals surface area contributed by atoms with Gasteiger partial charge in [-0.2, -0.15) is 0 Å². The summed E-state index contributed by atoms with van der Waals surface area (Å²) in [7, 11) is 0. The molecule has 0 atom stereocenters. The van der Waals surface area contributed by atoms with Gasteiger partial charge in [0.1, 0.15) is 5.41 Å². The van der Waals surface area contributed by atoms with Crippen molar-refractivity contribution in [1.29, 1.82) is 0 Å². The van der Waals surface area contributed by atoms with Crippen molar-refractivity contribution in [2.75, 3.05) is 19.6 Å². The SMILES string of the molecule is CCCCNC(=O)C1(C(=O)N2CCCC2)CC1. The van der Waals surface area contributed by atoms with E-state index in [9.17, 15) is 9.59 Å². The van der Waals surface area contributed by atoms with E-state index in [1.807, 2.05) is 4.90 Å². The summed E-state index contributed by atoms with van der Waals surface area (Å²) in [5.41, 5.74) is -0.682. The standard InChI is InChI=1S/C13H22N2O2/c1-2-3-8-14-11(16)13(6-7-13)12(17)15-9-4-5-10-15/h2-10H2,1H3,(H,14,16). The predicted octanol–water partition coefficient (Wildman–Crippen LogP) is 1.31. The topological polar surface area (TPSA) is 49.4 Å². The third kappa shape index (κ3) is 2.45. The highest BCUT2D eigenvalue weighted by atomic mass is 16.2. The van der Waals surface area contributed by atoms with Crippen LogP contribution < -0.4 is 5.32 Å². The molecule has 2 rings (SSSR count). The number of unbranched alkanes of at least 4 members (excludes halogenated alkanes) is 1. The number of likely N-dealkylation sites (tertiary alicyclic amines) is 1. The average molecular weight is 238 g/mol. The van der Waals surface area contributed by atoms with Crippen molar-refractivity contribution in [2.45, 2.75) is 45.4 Å². The monoisotopic (exact) mass is 238 g/mol. The van der Waals surface area contributed by atoms with Crippen molar-refractivity contribution in [3.63, 3.8) is 0 Å². The zero-order chi connectivity index (χ0) is 12.3. The number of rotatable bonds is 5. The van der Waals surface area contributed by atoms with Crippen LogP contribution in [0.25, 0.3) is 0 Å². The first-order valence-electron chi connectivity index (χ1n) is 6.78. The number of amides is 2. The van der Waals surface area contributed by atoms with Crippen LogP contribution in [0.2, 0.25) is 0 Å². The van der Waals surface area contributed by atoms with Gasteiger partial charge >= 0.3 is 0 Å². The maximum atomic E-state index is 12.3. The van der Waals surface area contributed by atoms with Gasteiger partial charge in [0.15, 0.2) is 0 Å². The van der Waals surface area contributed by atoms with Crippen LogP contribution in [0.15, 0.2) is 0 Å². The molecule has 17 heavy (non-hydrogen) atoms. The van der Waals surface area contributed by atoms with Crippen LogP contribution >= 0.6 is 0 Å². The molecule has 1 aliphatic heterocycles. The van der Waals surface area contributed by atoms with Crippen molar-refractivity contribution in [2.24, 2.45) is 5.41 Å². The fraction of sp³-hybridized carbons (Fsp3) is 0.846. The van der Waals surface area contributed by atoms with Crippen molar-refractivity contribution in [3.8, 4) is 0 Å². The minimum atomic E-state index is -0.682. The third-order valence-corrected chi connectivity index (χ3v) is 3.80. The Morgan fingerprint density at radius 2 is 1.88 bits per heavy atom. The molecule has 0 bridgehead atoms. The number of hydrogen-bond acceptors (Lipinski definition) is 2. The second-order valence-corrected chi connectivity index (χ2v) is 5.19. The first kappa shape index (κ1) is 12.4. The zero-order valence-corrected chi connectivity index (χ0v) is 10.6. The summed E-state index contributed by atoms with van der Waals surface area (Å²) in [6, 6.07) is 0. The summed E-state index contributed by atoms with van der Waals surface area (Å²) in [5.74, 6) is 0.0341. The fourth-order valence-corrected chi connectivity index (χ4v) is 2.43. The van der Waals surface area contributed by atoms with Gasteiger partial charge in [-0.1, -0.05) is 13.3 Å². The molecule has 4 heteroatoms. The maximum absolute atomic E-state index is 12.3. The lowest BCUT2D eigenvalue weighted by atomic mass is 10.0. The van der Waals surface area contributed by atoms with Crippen LogP contribution in [0.3, 0.4) is 0 Å². The molecule has 0 unspecified atom stereocenters. The van der Waals surface area contributed by atoms with Gasteiger partial charge in [0, 0.05) is 19.6 Å². The Kier molecular flexibility index (Phi) is 3.69. The van der Waals surface area contributed by atoms with Gasteiger partial charge in [-0.15, -0.1) is 0 Å². The molecule has 1 heterocycles. The van der Waals surface area contributed by atoms with E-state index in [2.05, 4.69) is 12.2 Å². The fourth-order valence-electron chi connectivity index (χ4n) is 2.43. The highest BCUT2D eigenvalue weighted by Gasteiger charge is 2.57. The van der Waals surface area contributed by atoms with Gasteiger partial charge in [0.05, 0.1) is 0 Å². The Bertz CT molecular complexity index is 305. The van der Waals surface area contributed by atoms with Crippen molar-refractivity contribution >= 4 is 11.8 Å². The Balaban J connectivity index is 1.89. The van der Waals surface area contributed by atoms with Crippen LogP contribution in [0.1, 0.15) is 45.4 Å². The van der Waals surface area contributed by atoms with Gasteiger partial charge in [-0.05, 0) is 32.1 Å². The van der Waals surface area contributed by atoms with Crippen molar-refractivity contribution < 1.29 is 9.59 Å². The van der Waals surface area contributed by atoms with Crippen LogP contribution in [0, 0.1) is 5.41 Å². The van der Waals surface area contributed by atoms with Gasteiger partial charge in [-0.25, -0.2) is 0 Å². The van der Waals surface area contributed by atoms with Crippen molar-refractivity contribution in [1.82, 2.24) is 10.2 Å². The second-order valence-electron chi connectivity index (χ2n) is 5.19. The predicted molar refractivity (Wildman–Crippen MR) is 65.4 cm³/mol. The van der Waals surface area contributed by atoms with Crippen molar-refractivity contribution in [3.05, 3.63) is 0 Å². The maximum Gasteiger partial charge on any atom is 0.238 e. The smallest absolute Gasteiger partial charge is 0.238 e. The van der Waals surface area contributed by atoms with E-state index in [1.165, 1.54) is 0 Å². The molecule has 0 aromatic rings. The lowest BCUT2D eigenvalue weighted by Crippen LogP contribution is -2.44. The average Bonchev–Trinajstić information content (AvgIpc) is 2.96. The number of carbonyl (C=O) groups is 2. The Morgan fingerprint density at radius 3 is 2.41 bits per heavy atom. The lowest BCUT2D eigenvalue weighted by Gasteiger charge is -2.22. The number of carbonyl (C=O) groups excluding carboxylic acids is 2. The largest absolute Gasteiger partial charge is 0.355 e. The summed E-state index contributed by atoms with van der Waals surface area (Å²) >= 11 is 0. The molecule has 2 fully saturated rings. The first-order chi connectivity index (χ1) is 8.20. The van der Waals surface area contributed by atoms with E-state index in [1.54, 1.807) is 0 Å². The van der Waals surface area contributed by atoms with Gasteiger partial charge in [-0.3, -0.25) is 9.59 Å². The second kappa shape index (κ2) is 5.07. The van der Waals surface area contributed by atoms with E-state index in [4.69, 9.17) is 0 Å². The summed E-state index contributed by atoms with van der Waals surface area (Å²) in [4.78, 5) is 26.2. The minimum absolute atomic E-state index is 0.0390. The molecule has 0 aromatic heterocycles. The molecule has 2 amide bonds. The van der Waals surface area contributed by atoms with Crippen LogP contribution in [0.4, 0.5) is 0 Å². The molecule has 4 nitrogen and oxygen atoms in total. The molecule has 96 valence electrons. The zero-order valence-electron chi connectivity index (χ0n) is 10.6. The number of nitrogens with one attached hydrogen (secondary N) is 1. The van der Waals surface area contributed by atoms with E-state index < -0.39 is 5.41 Å². The Morgan fingerprint density at radius 1 is 1.24 bits per heavy atom. The van der Waals surface area contributed by atoms with Crippen LogP contribution in [0.5, 0.6) is 0 Å². The molecule has 1 N–H and O–H groups in total. The first-order valence-corrected chi connectivity index (χ1v) is 6.78. The highest BCUT2D eigenvalue weighted by Crippen LogP contribution is 2.47.